The summed E-state index contributed by atoms with van der Waals surface area (Å²) in [6.07, 6.45) is 1.12. The second kappa shape index (κ2) is 8.97. The Kier molecular flexibility index (Phi) is 6.89. The third-order valence-corrected chi connectivity index (χ3v) is 4.45. The fourth-order valence-corrected chi connectivity index (χ4v) is 2.75. The Morgan fingerprint density at radius 1 is 1.24 bits per heavy atom. The van der Waals surface area contributed by atoms with Crippen molar-refractivity contribution in [2.45, 2.75) is 39.2 Å². The number of carbonyl (C=O) groups excluding carboxylic acids is 4. The Bertz CT molecular complexity index is 810. The van der Waals surface area contributed by atoms with Crippen LogP contribution in [0.25, 0.3) is 0 Å². The van der Waals surface area contributed by atoms with Gasteiger partial charge in [-0.25, -0.2) is 13.6 Å². The Labute approximate surface area is 166 Å². The molecule has 29 heavy (non-hydrogen) atoms. The predicted octanol–water partition coefficient (Wildman–Crippen LogP) is 2.19. The number of urea groups is 1. The van der Waals surface area contributed by atoms with Crippen molar-refractivity contribution in [1.29, 1.82) is 0 Å². The number of carbonyl (C=O) groups is 4. The number of halogens is 2. The molecule has 1 atom stereocenters. The molecule has 0 aromatic heterocycles. The van der Waals surface area contributed by atoms with Crippen molar-refractivity contribution in [3.05, 3.63) is 29.8 Å². The third kappa shape index (κ3) is 5.49. The summed E-state index contributed by atoms with van der Waals surface area (Å²) in [5, 5.41) is 4.53. The minimum absolute atomic E-state index is 0.327. The lowest BCUT2D eigenvalue weighted by molar-refractivity contribution is -0.150. The molecule has 8 nitrogen and oxygen atoms in total. The molecule has 0 saturated carbocycles. The van der Waals surface area contributed by atoms with Gasteiger partial charge >= 0.3 is 12.0 Å². The highest BCUT2D eigenvalue weighted by molar-refractivity contribution is 6.08. The summed E-state index contributed by atoms with van der Waals surface area (Å²) in [5.74, 6) is -4.17. The maximum absolute atomic E-state index is 13.5. The number of nitrogens with one attached hydrogen (secondary N) is 2. The SMILES string of the molecule is CC(C)CC[C@@]1(C)NC(=O)N(CC(=O)OCC(=O)Nc2c(F)cccc2F)C1=O. The van der Waals surface area contributed by atoms with Crippen molar-refractivity contribution in [2.24, 2.45) is 5.92 Å². The van der Waals surface area contributed by atoms with Crippen LogP contribution >= 0.6 is 0 Å². The molecule has 0 unspecified atom stereocenters. The van der Waals surface area contributed by atoms with Gasteiger partial charge < -0.3 is 15.4 Å². The standard InChI is InChI=1S/C19H23F2N3O5/c1-11(2)7-8-19(3)17(27)24(18(28)23-19)9-15(26)29-10-14(25)22-16-12(20)5-4-6-13(16)21/h4-6,11H,7-10H2,1-3H3,(H,22,25)(H,23,28)/t19-/m1/s1. The van der Waals surface area contributed by atoms with Gasteiger partial charge in [-0.05, 0) is 37.8 Å². The van der Waals surface area contributed by atoms with Crippen LogP contribution in [0.1, 0.15) is 33.6 Å². The second-order valence-corrected chi connectivity index (χ2v) is 7.39. The first-order valence-corrected chi connectivity index (χ1v) is 9.07. The van der Waals surface area contributed by atoms with Gasteiger partial charge in [0.25, 0.3) is 11.8 Å². The smallest absolute Gasteiger partial charge is 0.326 e. The summed E-state index contributed by atoms with van der Waals surface area (Å²) < 4.78 is 31.7. The van der Waals surface area contributed by atoms with Crippen molar-refractivity contribution < 1.29 is 32.7 Å². The van der Waals surface area contributed by atoms with E-state index in [1.54, 1.807) is 6.92 Å². The highest BCUT2D eigenvalue weighted by Gasteiger charge is 2.48. The van der Waals surface area contributed by atoms with Crippen LogP contribution in [0.15, 0.2) is 18.2 Å². The third-order valence-electron chi connectivity index (χ3n) is 4.45. The summed E-state index contributed by atoms with van der Waals surface area (Å²) >= 11 is 0. The summed E-state index contributed by atoms with van der Waals surface area (Å²) in [5.41, 5.74) is -1.77. The lowest BCUT2D eigenvalue weighted by Crippen LogP contribution is -2.44. The zero-order chi connectivity index (χ0) is 21.8. The van der Waals surface area contributed by atoms with Gasteiger partial charge in [0.1, 0.15) is 29.4 Å². The number of hydrogen-bond donors (Lipinski definition) is 2. The number of esters is 1. The van der Waals surface area contributed by atoms with Crippen molar-refractivity contribution in [3.63, 3.8) is 0 Å². The monoisotopic (exact) mass is 411 g/mol. The van der Waals surface area contributed by atoms with E-state index >= 15 is 0 Å². The molecular weight excluding hydrogens is 388 g/mol. The quantitative estimate of drug-likeness (QED) is 0.504. The number of rotatable bonds is 8. The van der Waals surface area contributed by atoms with Crippen LogP contribution in [0, 0.1) is 17.6 Å². The maximum atomic E-state index is 13.5. The lowest BCUT2D eigenvalue weighted by Gasteiger charge is -2.22. The largest absolute Gasteiger partial charge is 0.454 e. The van der Waals surface area contributed by atoms with Crippen LogP contribution in [0.4, 0.5) is 19.3 Å². The number of nitrogens with zero attached hydrogens (tertiary/aromatic N) is 1. The average Bonchev–Trinajstić information content (AvgIpc) is 2.85. The van der Waals surface area contributed by atoms with Crippen LogP contribution in [0.5, 0.6) is 0 Å². The molecule has 1 aliphatic heterocycles. The molecule has 0 aliphatic carbocycles. The second-order valence-electron chi connectivity index (χ2n) is 7.39. The van der Waals surface area contributed by atoms with E-state index in [2.05, 4.69) is 5.32 Å². The van der Waals surface area contributed by atoms with E-state index in [1.807, 2.05) is 19.2 Å². The molecule has 1 saturated heterocycles. The molecule has 0 bridgehead atoms. The first-order chi connectivity index (χ1) is 13.5. The summed E-state index contributed by atoms with van der Waals surface area (Å²) in [6.45, 7) is 4.04. The molecule has 158 valence electrons. The lowest BCUT2D eigenvalue weighted by atomic mass is 9.92. The van der Waals surface area contributed by atoms with Gasteiger partial charge in [-0.2, -0.15) is 0 Å². The number of ether oxygens (including phenoxy) is 1. The minimum Gasteiger partial charge on any atom is -0.454 e. The maximum Gasteiger partial charge on any atom is 0.326 e. The van der Waals surface area contributed by atoms with Crippen LogP contribution in [-0.4, -0.2) is 47.4 Å². The van der Waals surface area contributed by atoms with Crippen molar-refractivity contribution in [3.8, 4) is 0 Å². The molecule has 1 aromatic carbocycles. The van der Waals surface area contributed by atoms with Gasteiger partial charge in [0, 0.05) is 0 Å². The van der Waals surface area contributed by atoms with Crippen LogP contribution in [0.2, 0.25) is 0 Å². The van der Waals surface area contributed by atoms with Crippen molar-refractivity contribution in [1.82, 2.24) is 10.2 Å². The molecule has 0 radical (unpaired) electrons. The van der Waals surface area contributed by atoms with Crippen molar-refractivity contribution >= 4 is 29.5 Å². The predicted molar refractivity (Wildman–Crippen MR) is 98.7 cm³/mol. The van der Waals surface area contributed by atoms with E-state index in [0.29, 0.717) is 18.8 Å². The van der Waals surface area contributed by atoms with Gasteiger partial charge in [-0.3, -0.25) is 19.3 Å². The zero-order valence-electron chi connectivity index (χ0n) is 16.4. The number of anilines is 1. The molecule has 0 spiro atoms. The van der Waals surface area contributed by atoms with Gasteiger partial charge in [0.2, 0.25) is 0 Å². The van der Waals surface area contributed by atoms with E-state index in [-0.39, 0.29) is 0 Å². The Balaban J connectivity index is 1.88. The van der Waals surface area contributed by atoms with E-state index in [9.17, 15) is 28.0 Å². The molecule has 10 heteroatoms. The minimum atomic E-state index is -1.11. The fraction of sp³-hybridized carbons (Fsp3) is 0.474. The van der Waals surface area contributed by atoms with E-state index < -0.39 is 59.8 Å². The first-order valence-electron chi connectivity index (χ1n) is 9.07. The molecule has 1 heterocycles. The zero-order valence-corrected chi connectivity index (χ0v) is 16.4. The van der Waals surface area contributed by atoms with E-state index in [4.69, 9.17) is 4.74 Å². The molecule has 1 aliphatic rings. The molecule has 1 fully saturated rings. The molecule has 1 aromatic rings. The number of imide groups is 1. The van der Waals surface area contributed by atoms with Crippen LogP contribution in [-0.2, 0) is 19.1 Å². The normalized spacial score (nSPS) is 18.8. The molecule has 2 rings (SSSR count). The first kappa shape index (κ1) is 22.3. The Morgan fingerprint density at radius 2 is 1.86 bits per heavy atom. The number of para-hydroxylation sites is 1. The fourth-order valence-electron chi connectivity index (χ4n) is 2.75. The van der Waals surface area contributed by atoms with Crippen LogP contribution < -0.4 is 10.6 Å². The highest BCUT2D eigenvalue weighted by Crippen LogP contribution is 2.24. The van der Waals surface area contributed by atoms with Gasteiger partial charge in [-0.1, -0.05) is 19.9 Å². The highest BCUT2D eigenvalue weighted by atomic mass is 19.1. The topological polar surface area (TPSA) is 105 Å². The van der Waals surface area contributed by atoms with Crippen LogP contribution in [0.3, 0.4) is 0 Å². The number of hydrogen-bond acceptors (Lipinski definition) is 5. The summed E-state index contributed by atoms with van der Waals surface area (Å²) in [4.78, 5) is 49.0. The van der Waals surface area contributed by atoms with Gasteiger partial charge in [0.05, 0.1) is 0 Å². The van der Waals surface area contributed by atoms with Gasteiger partial charge in [-0.15, -0.1) is 0 Å². The molecule has 4 amide bonds. The molecule has 2 N–H and O–H groups in total. The number of benzene rings is 1. The summed E-state index contributed by atoms with van der Waals surface area (Å²) in [7, 11) is 0. The van der Waals surface area contributed by atoms with Gasteiger partial charge in [0.15, 0.2) is 6.61 Å². The Hall–Kier alpha value is -3.04. The van der Waals surface area contributed by atoms with E-state index in [0.717, 1.165) is 23.1 Å². The summed E-state index contributed by atoms with van der Waals surface area (Å²) in [6, 6.07) is 2.32. The van der Waals surface area contributed by atoms with Crippen molar-refractivity contribution in [2.75, 3.05) is 18.5 Å². The average molecular weight is 411 g/mol. The molecular formula is C19H23F2N3O5. The Morgan fingerprint density at radius 3 is 2.45 bits per heavy atom. The van der Waals surface area contributed by atoms with E-state index in [1.165, 1.54) is 0 Å². The number of amides is 4.